The summed E-state index contributed by atoms with van der Waals surface area (Å²) in [5.74, 6) is 0. The fraction of sp³-hybridized carbons (Fsp3) is 0. The predicted molar refractivity (Wildman–Crippen MR) is 85.1 cm³/mol. The first-order valence-corrected chi connectivity index (χ1v) is 7.59. The third kappa shape index (κ3) is 2.84. The third-order valence-corrected chi connectivity index (χ3v) is 4.33. The Morgan fingerprint density at radius 1 is 1.05 bits per heavy atom. The molecule has 0 amide bonds. The molecule has 21 heavy (non-hydrogen) atoms. The fourth-order valence-corrected chi connectivity index (χ4v) is 3.10. The van der Waals surface area contributed by atoms with Crippen LogP contribution in [0.15, 0.2) is 53.0 Å². The zero-order chi connectivity index (χ0) is 14.8. The monoisotopic (exact) mass is 361 g/mol. The van der Waals surface area contributed by atoms with Crippen LogP contribution < -0.4 is 0 Å². The van der Waals surface area contributed by atoms with Crippen molar-refractivity contribution in [3.63, 3.8) is 0 Å². The number of nitro benzene ring substituents is 1. The molecule has 2 aromatic carbocycles. The van der Waals surface area contributed by atoms with Crippen molar-refractivity contribution in [2.45, 2.75) is 0 Å². The Labute approximate surface area is 132 Å². The summed E-state index contributed by atoms with van der Waals surface area (Å²) in [6.45, 7) is 0. The molecule has 0 fully saturated rings. The maximum Gasteiger partial charge on any atom is 0.280 e. The van der Waals surface area contributed by atoms with Gasteiger partial charge in [0.05, 0.1) is 10.5 Å². The molecule has 5 nitrogen and oxygen atoms in total. The minimum absolute atomic E-state index is 0.0140. The first-order chi connectivity index (χ1) is 10.1. The molecule has 0 radical (unpaired) electrons. The smallest absolute Gasteiger partial charge is 0.258 e. The maximum atomic E-state index is 11.2. The highest BCUT2D eigenvalue weighted by atomic mass is 79.9. The van der Waals surface area contributed by atoms with Crippen LogP contribution in [0.2, 0.25) is 0 Å². The zero-order valence-electron chi connectivity index (χ0n) is 10.6. The summed E-state index contributed by atoms with van der Waals surface area (Å²) in [7, 11) is 0. The highest BCUT2D eigenvalue weighted by Crippen LogP contribution is 2.36. The molecule has 0 N–H and O–H groups in total. The molecule has 1 aromatic heterocycles. The molecular weight excluding hydrogens is 354 g/mol. The van der Waals surface area contributed by atoms with Crippen LogP contribution in [-0.2, 0) is 0 Å². The largest absolute Gasteiger partial charge is 0.280 e. The van der Waals surface area contributed by atoms with Crippen LogP contribution in [0.4, 0.5) is 5.69 Å². The first kappa shape index (κ1) is 13.8. The third-order valence-electron chi connectivity index (χ3n) is 2.83. The molecule has 3 aromatic rings. The van der Waals surface area contributed by atoms with Crippen molar-refractivity contribution in [1.82, 2.24) is 10.2 Å². The topological polar surface area (TPSA) is 68.9 Å². The van der Waals surface area contributed by atoms with Crippen molar-refractivity contribution in [2.24, 2.45) is 0 Å². The summed E-state index contributed by atoms with van der Waals surface area (Å²) in [5.41, 5.74) is 1.43. The van der Waals surface area contributed by atoms with E-state index in [4.69, 9.17) is 0 Å². The molecule has 0 aliphatic carbocycles. The van der Waals surface area contributed by atoms with E-state index in [2.05, 4.69) is 26.1 Å². The van der Waals surface area contributed by atoms with Crippen molar-refractivity contribution in [3.05, 3.63) is 63.1 Å². The first-order valence-electron chi connectivity index (χ1n) is 5.98. The van der Waals surface area contributed by atoms with Gasteiger partial charge < -0.3 is 0 Å². The minimum Gasteiger partial charge on any atom is -0.258 e. The van der Waals surface area contributed by atoms with E-state index in [1.165, 1.54) is 17.4 Å². The van der Waals surface area contributed by atoms with Crippen LogP contribution in [0.3, 0.4) is 0 Å². The van der Waals surface area contributed by atoms with E-state index in [0.717, 1.165) is 10.6 Å². The Hall–Kier alpha value is -2.12. The molecule has 7 heteroatoms. The van der Waals surface area contributed by atoms with Crippen LogP contribution in [0.1, 0.15) is 0 Å². The number of hydrogen-bond acceptors (Lipinski definition) is 5. The van der Waals surface area contributed by atoms with Gasteiger partial charge in [0, 0.05) is 16.1 Å². The second kappa shape index (κ2) is 5.71. The van der Waals surface area contributed by atoms with Gasteiger partial charge >= 0.3 is 0 Å². The lowest BCUT2D eigenvalue weighted by atomic mass is 10.2. The minimum atomic E-state index is -0.413. The van der Waals surface area contributed by atoms with Crippen molar-refractivity contribution < 1.29 is 4.92 Å². The van der Waals surface area contributed by atoms with E-state index < -0.39 is 4.92 Å². The highest BCUT2D eigenvalue weighted by molar-refractivity contribution is 9.10. The Kier molecular flexibility index (Phi) is 3.76. The average molecular weight is 362 g/mol. The Morgan fingerprint density at radius 2 is 1.76 bits per heavy atom. The average Bonchev–Trinajstić information content (AvgIpc) is 2.97. The molecule has 1 heterocycles. The van der Waals surface area contributed by atoms with Gasteiger partial charge in [0.1, 0.15) is 5.01 Å². The van der Waals surface area contributed by atoms with E-state index in [1.54, 1.807) is 12.1 Å². The molecule has 3 rings (SSSR count). The molecule has 104 valence electrons. The standard InChI is InChI=1S/C14H8BrN3O2S/c15-10-6-7-11(12(8-10)18(19)20)14-17-16-13(21-14)9-4-2-1-3-5-9/h1-8H. The normalized spacial score (nSPS) is 10.5. The molecule has 0 saturated carbocycles. The van der Waals surface area contributed by atoms with E-state index in [0.29, 0.717) is 15.0 Å². The predicted octanol–water partition coefficient (Wildman–Crippen LogP) is 4.54. The molecule has 0 bridgehead atoms. The van der Waals surface area contributed by atoms with E-state index in [9.17, 15) is 10.1 Å². The van der Waals surface area contributed by atoms with Crippen LogP contribution in [0.25, 0.3) is 21.1 Å². The molecule has 0 atom stereocenters. The van der Waals surface area contributed by atoms with Gasteiger partial charge in [-0.05, 0) is 12.1 Å². The zero-order valence-corrected chi connectivity index (χ0v) is 13.0. The van der Waals surface area contributed by atoms with Crippen molar-refractivity contribution in [1.29, 1.82) is 0 Å². The van der Waals surface area contributed by atoms with Crippen LogP contribution >= 0.6 is 27.3 Å². The van der Waals surface area contributed by atoms with E-state index in [1.807, 2.05) is 30.3 Å². The lowest BCUT2D eigenvalue weighted by Gasteiger charge is -1.99. The summed E-state index contributed by atoms with van der Waals surface area (Å²) in [4.78, 5) is 10.8. The van der Waals surface area contributed by atoms with E-state index in [-0.39, 0.29) is 5.69 Å². The number of nitrogens with zero attached hydrogens (tertiary/aromatic N) is 3. The lowest BCUT2D eigenvalue weighted by molar-refractivity contribution is -0.384. The summed E-state index contributed by atoms with van der Waals surface area (Å²) in [6.07, 6.45) is 0. The SMILES string of the molecule is O=[N+]([O-])c1cc(Br)ccc1-c1nnc(-c2ccccc2)s1. The van der Waals surface area contributed by atoms with E-state index >= 15 is 0 Å². The molecule has 0 aliphatic rings. The number of halogens is 1. The fourth-order valence-electron chi connectivity index (χ4n) is 1.87. The summed E-state index contributed by atoms with van der Waals surface area (Å²) in [6, 6.07) is 14.5. The second-order valence-corrected chi connectivity index (χ2v) is 6.09. The Bertz CT molecular complexity index is 805. The van der Waals surface area contributed by atoms with Gasteiger partial charge in [-0.1, -0.05) is 57.6 Å². The van der Waals surface area contributed by atoms with Crippen LogP contribution in [0, 0.1) is 10.1 Å². The van der Waals surface area contributed by atoms with Gasteiger partial charge in [0.15, 0.2) is 5.01 Å². The molecule has 0 unspecified atom stereocenters. The van der Waals surface area contributed by atoms with Crippen molar-refractivity contribution in [2.75, 3.05) is 0 Å². The second-order valence-electron chi connectivity index (χ2n) is 4.20. The summed E-state index contributed by atoms with van der Waals surface area (Å²) >= 11 is 4.58. The quantitative estimate of drug-likeness (QED) is 0.507. The Balaban J connectivity index is 2.07. The highest BCUT2D eigenvalue weighted by Gasteiger charge is 2.19. The molecule has 0 saturated heterocycles. The number of hydrogen-bond donors (Lipinski definition) is 0. The lowest BCUT2D eigenvalue weighted by Crippen LogP contribution is -1.91. The number of nitro groups is 1. The van der Waals surface area contributed by atoms with Gasteiger partial charge in [0.2, 0.25) is 0 Å². The molecule has 0 aliphatic heterocycles. The van der Waals surface area contributed by atoms with Gasteiger partial charge in [-0.15, -0.1) is 10.2 Å². The van der Waals surface area contributed by atoms with Crippen LogP contribution in [-0.4, -0.2) is 15.1 Å². The van der Waals surface area contributed by atoms with Crippen LogP contribution in [0.5, 0.6) is 0 Å². The maximum absolute atomic E-state index is 11.2. The Morgan fingerprint density at radius 3 is 2.48 bits per heavy atom. The summed E-state index contributed by atoms with van der Waals surface area (Å²) < 4.78 is 0.658. The van der Waals surface area contributed by atoms with Gasteiger partial charge in [-0.3, -0.25) is 10.1 Å². The van der Waals surface area contributed by atoms with Crippen molar-refractivity contribution >= 4 is 33.0 Å². The molecular formula is C14H8BrN3O2S. The number of benzene rings is 2. The number of rotatable bonds is 3. The molecule has 0 spiro atoms. The van der Waals surface area contributed by atoms with Gasteiger partial charge in [-0.2, -0.15) is 0 Å². The van der Waals surface area contributed by atoms with Crippen molar-refractivity contribution in [3.8, 4) is 21.1 Å². The van der Waals surface area contributed by atoms with Gasteiger partial charge in [0.25, 0.3) is 5.69 Å². The number of aromatic nitrogens is 2. The summed E-state index contributed by atoms with van der Waals surface area (Å²) in [5, 5.41) is 20.6. The van der Waals surface area contributed by atoms with Gasteiger partial charge in [-0.25, -0.2) is 0 Å².